The van der Waals surface area contributed by atoms with Crippen LogP contribution < -0.4 is 0 Å². The second-order valence-electron chi connectivity index (χ2n) is 6.64. The van der Waals surface area contributed by atoms with Crippen LogP contribution in [0.1, 0.15) is 111 Å². The van der Waals surface area contributed by atoms with Gasteiger partial charge in [0.05, 0.1) is 5.60 Å². The maximum atomic E-state index is 10.3. The minimum Gasteiger partial charge on any atom is -0.390 e. The lowest BCUT2D eigenvalue weighted by Crippen LogP contribution is -2.24. The van der Waals surface area contributed by atoms with E-state index >= 15 is 0 Å². The molecule has 1 radical (unpaired) electrons. The molecule has 0 amide bonds. The number of unbranched alkanes of at least 4 members (excludes halogenated alkanes) is 11. The number of hydrogen-bond acceptors (Lipinski definition) is 1. The molecule has 0 aliphatic rings. The molecule has 0 heterocycles. The summed E-state index contributed by atoms with van der Waals surface area (Å²) in [7, 11) is 0. The lowest BCUT2D eigenvalue weighted by molar-refractivity contribution is 0.0775. The first-order valence-corrected chi connectivity index (χ1v) is 9.19. The minimum absolute atomic E-state index is 0.534. The van der Waals surface area contributed by atoms with Crippen LogP contribution in [0.3, 0.4) is 0 Å². The van der Waals surface area contributed by atoms with Gasteiger partial charge in [0.1, 0.15) is 0 Å². The Morgan fingerprint density at radius 2 is 1.15 bits per heavy atom. The zero-order valence-corrected chi connectivity index (χ0v) is 14.4. The molecular formula is C19H39O. The molecule has 0 spiro atoms. The van der Waals surface area contributed by atoms with Crippen molar-refractivity contribution in [2.24, 2.45) is 0 Å². The summed E-state index contributed by atoms with van der Waals surface area (Å²) in [6.45, 7) is 6.49. The number of aliphatic hydroxyl groups is 1. The standard InChI is InChI=1S/C19H39O/c1-4-6-8-10-12-14-16-18-19(3,20)17-15-13-11-9-7-5-2/h17,20H,4-16,18H2,1-3H3. The monoisotopic (exact) mass is 283 g/mol. The van der Waals surface area contributed by atoms with E-state index in [2.05, 4.69) is 20.3 Å². The first-order valence-electron chi connectivity index (χ1n) is 9.19. The molecule has 0 aliphatic heterocycles. The normalized spacial score (nSPS) is 14.4. The Balaban J connectivity index is 3.35. The maximum Gasteiger partial charge on any atom is 0.0651 e. The Kier molecular flexibility index (Phi) is 13.9. The molecule has 20 heavy (non-hydrogen) atoms. The van der Waals surface area contributed by atoms with Crippen LogP contribution in [0.15, 0.2) is 0 Å². The van der Waals surface area contributed by atoms with Crippen molar-refractivity contribution in [3.8, 4) is 0 Å². The molecule has 0 rings (SSSR count). The number of hydrogen-bond donors (Lipinski definition) is 1. The van der Waals surface area contributed by atoms with Crippen molar-refractivity contribution in [2.45, 2.75) is 116 Å². The summed E-state index contributed by atoms with van der Waals surface area (Å²) in [5.74, 6) is 0. The zero-order chi connectivity index (χ0) is 15.1. The quantitative estimate of drug-likeness (QED) is 0.343. The molecule has 0 saturated carbocycles. The van der Waals surface area contributed by atoms with E-state index in [1.165, 1.54) is 77.0 Å². The van der Waals surface area contributed by atoms with Gasteiger partial charge in [0.2, 0.25) is 0 Å². The van der Waals surface area contributed by atoms with Crippen LogP contribution in [0.2, 0.25) is 0 Å². The smallest absolute Gasteiger partial charge is 0.0651 e. The van der Waals surface area contributed by atoms with Gasteiger partial charge < -0.3 is 5.11 Å². The molecule has 0 saturated heterocycles. The highest BCUT2D eigenvalue weighted by Gasteiger charge is 2.19. The van der Waals surface area contributed by atoms with Crippen LogP contribution in [0.5, 0.6) is 0 Å². The van der Waals surface area contributed by atoms with Crippen molar-refractivity contribution in [1.82, 2.24) is 0 Å². The maximum absolute atomic E-state index is 10.3. The summed E-state index contributed by atoms with van der Waals surface area (Å²) < 4.78 is 0. The zero-order valence-electron chi connectivity index (χ0n) is 14.4. The van der Waals surface area contributed by atoms with Gasteiger partial charge in [-0.05, 0) is 26.2 Å². The van der Waals surface area contributed by atoms with Crippen molar-refractivity contribution in [3.63, 3.8) is 0 Å². The van der Waals surface area contributed by atoms with Crippen LogP contribution in [-0.2, 0) is 0 Å². The van der Waals surface area contributed by atoms with Crippen LogP contribution in [-0.4, -0.2) is 10.7 Å². The molecule has 0 aromatic carbocycles. The minimum atomic E-state index is -0.534. The molecule has 121 valence electrons. The van der Waals surface area contributed by atoms with E-state index in [0.29, 0.717) is 0 Å². The first kappa shape index (κ1) is 20.0. The Morgan fingerprint density at radius 1 is 0.700 bits per heavy atom. The van der Waals surface area contributed by atoms with Gasteiger partial charge in [-0.15, -0.1) is 0 Å². The van der Waals surface area contributed by atoms with Gasteiger partial charge in [-0.25, -0.2) is 0 Å². The summed E-state index contributed by atoms with van der Waals surface area (Å²) in [6.07, 6.45) is 20.0. The molecule has 0 fully saturated rings. The van der Waals surface area contributed by atoms with Gasteiger partial charge in [0, 0.05) is 0 Å². The van der Waals surface area contributed by atoms with Crippen molar-refractivity contribution in [1.29, 1.82) is 0 Å². The Hall–Kier alpha value is -0.0400. The van der Waals surface area contributed by atoms with Crippen LogP contribution in [0.4, 0.5) is 0 Å². The fourth-order valence-electron chi connectivity index (χ4n) is 2.70. The molecule has 1 unspecified atom stereocenters. The van der Waals surface area contributed by atoms with Crippen molar-refractivity contribution in [2.75, 3.05) is 0 Å². The van der Waals surface area contributed by atoms with Crippen molar-refractivity contribution < 1.29 is 5.11 Å². The largest absolute Gasteiger partial charge is 0.390 e. The van der Waals surface area contributed by atoms with Crippen LogP contribution in [0.25, 0.3) is 0 Å². The lowest BCUT2D eigenvalue weighted by atomic mass is 9.91. The summed E-state index contributed by atoms with van der Waals surface area (Å²) in [5.41, 5.74) is -0.534. The predicted molar refractivity (Wildman–Crippen MR) is 90.9 cm³/mol. The molecule has 0 bridgehead atoms. The SMILES string of the molecule is CCCCCCC[CH]C(C)(O)CCCCCCCCC. The van der Waals surface area contributed by atoms with Crippen molar-refractivity contribution in [3.05, 3.63) is 6.42 Å². The van der Waals surface area contributed by atoms with Crippen LogP contribution in [0, 0.1) is 6.42 Å². The molecule has 1 atom stereocenters. The van der Waals surface area contributed by atoms with E-state index in [0.717, 1.165) is 12.8 Å². The summed E-state index contributed by atoms with van der Waals surface area (Å²) in [4.78, 5) is 0. The fourth-order valence-corrected chi connectivity index (χ4v) is 2.70. The van der Waals surface area contributed by atoms with E-state index in [1.807, 2.05) is 6.92 Å². The molecule has 1 nitrogen and oxygen atoms in total. The fraction of sp³-hybridized carbons (Fsp3) is 0.947. The average Bonchev–Trinajstić information content (AvgIpc) is 2.41. The Morgan fingerprint density at radius 3 is 1.70 bits per heavy atom. The molecular weight excluding hydrogens is 244 g/mol. The second kappa shape index (κ2) is 13.9. The third kappa shape index (κ3) is 14.4. The average molecular weight is 284 g/mol. The Labute approximate surface area is 128 Å². The highest BCUT2D eigenvalue weighted by atomic mass is 16.3. The molecule has 0 aromatic rings. The summed E-state index contributed by atoms with van der Waals surface area (Å²) in [6, 6.07) is 0. The van der Waals surface area contributed by atoms with Gasteiger partial charge in [-0.3, -0.25) is 0 Å². The van der Waals surface area contributed by atoms with E-state index in [-0.39, 0.29) is 0 Å². The van der Waals surface area contributed by atoms with E-state index in [1.54, 1.807) is 0 Å². The van der Waals surface area contributed by atoms with Crippen molar-refractivity contribution >= 4 is 0 Å². The summed E-state index contributed by atoms with van der Waals surface area (Å²) in [5, 5.41) is 10.3. The second-order valence-corrected chi connectivity index (χ2v) is 6.64. The van der Waals surface area contributed by atoms with E-state index in [9.17, 15) is 5.11 Å². The molecule has 0 aliphatic carbocycles. The third-order valence-corrected chi connectivity index (χ3v) is 4.18. The predicted octanol–water partition coefficient (Wildman–Crippen LogP) is 6.44. The van der Waals surface area contributed by atoms with E-state index < -0.39 is 5.60 Å². The first-order chi connectivity index (χ1) is 9.62. The number of rotatable bonds is 15. The van der Waals surface area contributed by atoms with E-state index in [4.69, 9.17) is 0 Å². The van der Waals surface area contributed by atoms with Gasteiger partial charge in [-0.2, -0.15) is 0 Å². The highest BCUT2D eigenvalue weighted by Crippen LogP contribution is 2.21. The molecule has 0 aromatic heterocycles. The molecule has 1 N–H and O–H groups in total. The Bertz CT molecular complexity index is 186. The van der Waals surface area contributed by atoms with Gasteiger partial charge in [-0.1, -0.05) is 90.9 Å². The third-order valence-electron chi connectivity index (χ3n) is 4.18. The molecule has 1 heteroatoms. The van der Waals surface area contributed by atoms with Gasteiger partial charge >= 0.3 is 0 Å². The summed E-state index contributed by atoms with van der Waals surface area (Å²) >= 11 is 0. The van der Waals surface area contributed by atoms with Gasteiger partial charge in [0.15, 0.2) is 0 Å². The van der Waals surface area contributed by atoms with Crippen LogP contribution >= 0.6 is 0 Å². The topological polar surface area (TPSA) is 20.2 Å². The lowest BCUT2D eigenvalue weighted by Gasteiger charge is -2.22. The van der Waals surface area contributed by atoms with Gasteiger partial charge in [0.25, 0.3) is 0 Å². The highest BCUT2D eigenvalue weighted by molar-refractivity contribution is 4.88.